The van der Waals surface area contributed by atoms with E-state index in [1.54, 1.807) is 0 Å². The van der Waals surface area contributed by atoms with Gasteiger partial charge in [-0.25, -0.2) is 0 Å². The summed E-state index contributed by atoms with van der Waals surface area (Å²) in [5.74, 6) is 0.972. The van der Waals surface area contributed by atoms with E-state index in [2.05, 4.69) is 194 Å². The first-order chi connectivity index (χ1) is 20.3. The van der Waals surface area contributed by atoms with E-state index in [9.17, 15) is 0 Å². The summed E-state index contributed by atoms with van der Waals surface area (Å²) < 4.78 is 0. The van der Waals surface area contributed by atoms with Crippen LogP contribution >= 0.6 is 27.4 Å². The second-order valence-electron chi connectivity index (χ2n) is 8.76. The van der Waals surface area contributed by atoms with Crippen LogP contribution in [0.25, 0.3) is 0 Å². The van der Waals surface area contributed by atoms with Crippen molar-refractivity contribution in [2.24, 2.45) is 0 Å². The van der Waals surface area contributed by atoms with Gasteiger partial charge in [0.1, 0.15) is 0 Å². The van der Waals surface area contributed by atoms with Gasteiger partial charge in [0.2, 0.25) is 0 Å². The molecule has 1 radical (unpaired) electrons. The second kappa shape index (κ2) is 19.0. The van der Waals surface area contributed by atoms with Gasteiger partial charge in [-0.1, -0.05) is 182 Å². The van der Waals surface area contributed by atoms with Gasteiger partial charge in [0.05, 0.1) is 0 Å². The van der Waals surface area contributed by atoms with E-state index < -0.39 is 15.8 Å². The molecule has 0 atom stereocenters. The minimum absolute atomic E-state index is 0. The summed E-state index contributed by atoms with van der Waals surface area (Å²) in [4.78, 5) is 8.45. The molecular formula is C37H30ClOP2Rh-. The summed E-state index contributed by atoms with van der Waals surface area (Å²) >= 11 is 4.19. The van der Waals surface area contributed by atoms with Crippen molar-refractivity contribution in [1.29, 1.82) is 0 Å². The Morgan fingerprint density at radius 1 is 0.333 bits per heavy atom. The molecule has 0 bridgehead atoms. The first-order valence-corrected chi connectivity index (χ1v) is 16.3. The van der Waals surface area contributed by atoms with Crippen molar-refractivity contribution in [3.63, 3.8) is 0 Å². The number of benzene rings is 6. The zero-order valence-corrected chi connectivity index (χ0v) is 27.0. The van der Waals surface area contributed by atoms with E-state index in [0.29, 0.717) is 0 Å². The molecular weight excluding hydrogens is 661 g/mol. The first kappa shape index (κ1) is 33.3. The standard InChI is InChI=1S/2C18H15P.CClO.Rh/c2*1-4-10-16(11-5-1)19(17-12-6-2-7-13-17)18-14-8-3-9-15-18;2-1-3;/h2*1-15H;;/q;;-1;. The quantitative estimate of drug-likeness (QED) is 0.0784. The minimum atomic E-state index is -0.446. The van der Waals surface area contributed by atoms with Gasteiger partial charge in [0.25, 0.3) is 0 Å². The van der Waals surface area contributed by atoms with E-state index in [1.165, 1.54) is 31.8 Å². The number of halogens is 1. The maximum Gasteiger partial charge on any atom is 0 e. The molecule has 42 heavy (non-hydrogen) atoms. The van der Waals surface area contributed by atoms with E-state index in [1.807, 2.05) is 0 Å². The molecule has 0 aliphatic heterocycles. The summed E-state index contributed by atoms with van der Waals surface area (Å²) in [7, 11) is -0.892. The molecule has 0 spiro atoms. The third-order valence-electron chi connectivity index (χ3n) is 6.09. The Balaban J connectivity index is 0.000000207. The maximum atomic E-state index is 8.45. The van der Waals surface area contributed by atoms with Crippen LogP contribution < -0.4 is 31.8 Å². The van der Waals surface area contributed by atoms with Gasteiger partial charge in [-0.3, -0.25) is 0 Å². The third kappa shape index (κ3) is 9.94. The molecule has 0 aromatic heterocycles. The van der Waals surface area contributed by atoms with Crippen LogP contribution in [0.1, 0.15) is 0 Å². The fraction of sp³-hybridized carbons (Fsp3) is 0. The Kier molecular flexibility index (Phi) is 15.1. The molecule has 6 aromatic carbocycles. The van der Waals surface area contributed by atoms with Crippen LogP contribution in [0.2, 0.25) is 0 Å². The Hall–Kier alpha value is -3.24. The van der Waals surface area contributed by atoms with E-state index in [4.69, 9.17) is 4.79 Å². The predicted molar refractivity (Wildman–Crippen MR) is 182 cm³/mol. The van der Waals surface area contributed by atoms with Gasteiger partial charge < -0.3 is 16.4 Å². The molecule has 6 aromatic rings. The fourth-order valence-corrected chi connectivity index (χ4v) is 8.97. The normalized spacial score (nSPS) is 9.88. The number of carbonyl (C=O) groups excluding carboxylic acids is 1. The molecule has 211 valence electrons. The number of hydrogen-bond donors (Lipinski definition) is 0. The molecule has 1 nitrogen and oxygen atoms in total. The summed E-state index contributed by atoms with van der Waals surface area (Å²) in [6.45, 7) is 0. The molecule has 0 saturated carbocycles. The number of rotatable bonds is 6. The van der Waals surface area contributed by atoms with Gasteiger partial charge in [0, 0.05) is 19.5 Å². The van der Waals surface area contributed by atoms with Gasteiger partial charge in [-0.15, -0.1) is 0 Å². The molecule has 6 rings (SSSR count). The average molecular weight is 691 g/mol. The molecule has 0 unspecified atom stereocenters. The largest absolute Gasteiger partial charge is 0.525 e. The Morgan fingerprint density at radius 2 is 0.452 bits per heavy atom. The van der Waals surface area contributed by atoms with E-state index in [-0.39, 0.29) is 19.5 Å². The van der Waals surface area contributed by atoms with Crippen LogP contribution in [0, 0.1) is 0 Å². The zero-order chi connectivity index (χ0) is 28.5. The van der Waals surface area contributed by atoms with E-state index >= 15 is 0 Å². The van der Waals surface area contributed by atoms with Crippen molar-refractivity contribution in [3.05, 3.63) is 182 Å². The molecule has 0 fully saturated rings. The van der Waals surface area contributed by atoms with Gasteiger partial charge >= 0.3 is 0 Å². The predicted octanol–water partition coefficient (Wildman–Crippen LogP) is 7.18. The van der Waals surface area contributed by atoms with Crippen LogP contribution in [-0.4, -0.2) is 5.75 Å². The van der Waals surface area contributed by atoms with Crippen molar-refractivity contribution >= 4 is 65.0 Å². The van der Waals surface area contributed by atoms with Gasteiger partial charge in [-0.2, -0.15) is 5.75 Å². The van der Waals surface area contributed by atoms with Crippen molar-refractivity contribution in [2.75, 3.05) is 0 Å². The average Bonchev–Trinajstić information content (AvgIpc) is 3.05. The number of hydrogen-bond acceptors (Lipinski definition) is 1. The molecule has 0 saturated heterocycles. The smallest absolute Gasteiger partial charge is 0 e. The van der Waals surface area contributed by atoms with Crippen molar-refractivity contribution in [3.8, 4) is 0 Å². The summed E-state index contributed by atoms with van der Waals surface area (Å²) in [5.41, 5.74) is 0. The van der Waals surface area contributed by atoms with Gasteiger partial charge in [0.15, 0.2) is 0 Å². The Bertz CT molecular complexity index is 1230. The summed E-state index contributed by atoms with van der Waals surface area (Å²) in [6, 6.07) is 64.7. The van der Waals surface area contributed by atoms with Crippen molar-refractivity contribution in [2.45, 2.75) is 0 Å². The van der Waals surface area contributed by atoms with Gasteiger partial charge in [-0.05, 0) is 47.7 Å². The molecule has 0 amide bonds. The van der Waals surface area contributed by atoms with Crippen molar-refractivity contribution in [1.82, 2.24) is 0 Å². The van der Waals surface area contributed by atoms with Crippen molar-refractivity contribution < 1.29 is 24.3 Å². The van der Waals surface area contributed by atoms with Crippen LogP contribution in [0.15, 0.2) is 182 Å². The van der Waals surface area contributed by atoms with Crippen LogP contribution in [-0.2, 0) is 24.3 Å². The summed E-state index contributed by atoms with van der Waals surface area (Å²) in [5, 5.41) is 8.39. The zero-order valence-electron chi connectivity index (χ0n) is 22.8. The van der Waals surface area contributed by atoms with E-state index in [0.717, 1.165) is 5.75 Å². The Morgan fingerprint density at radius 3 is 0.571 bits per heavy atom. The summed E-state index contributed by atoms with van der Waals surface area (Å²) in [6.07, 6.45) is 0. The maximum absolute atomic E-state index is 8.45. The molecule has 5 heteroatoms. The fourth-order valence-electron chi connectivity index (χ4n) is 4.36. The minimum Gasteiger partial charge on any atom is -0.525 e. The molecule has 0 heterocycles. The Labute approximate surface area is 269 Å². The first-order valence-electron chi connectivity index (χ1n) is 13.2. The molecule has 0 aliphatic rings. The molecule has 0 aliphatic carbocycles. The SMILES string of the molecule is O=[C-]Cl.[Rh].c1ccc(P(c2ccccc2)c2ccccc2)cc1.c1ccc(P(c2ccccc2)c2ccccc2)cc1. The topological polar surface area (TPSA) is 17.1 Å². The van der Waals surface area contributed by atoms with Crippen LogP contribution in [0.3, 0.4) is 0 Å². The monoisotopic (exact) mass is 690 g/mol. The molecule has 0 N–H and O–H groups in total. The van der Waals surface area contributed by atoms with Crippen LogP contribution in [0.4, 0.5) is 0 Å². The van der Waals surface area contributed by atoms with Crippen LogP contribution in [0.5, 0.6) is 0 Å². The second-order valence-corrected chi connectivity index (χ2v) is 13.4. The third-order valence-corrected chi connectivity index (χ3v) is 11.0.